The number of ether oxygens (including phenoxy) is 1. The van der Waals surface area contributed by atoms with E-state index >= 15 is 0 Å². The molecule has 0 radical (unpaired) electrons. The minimum atomic E-state index is -0.317. The topological polar surface area (TPSA) is 63.6 Å². The summed E-state index contributed by atoms with van der Waals surface area (Å²) >= 11 is 0. The number of ketones is 1. The second kappa shape index (κ2) is 4.41. The Kier molecular flexibility index (Phi) is 2.95. The van der Waals surface area contributed by atoms with Crippen molar-refractivity contribution in [2.45, 2.75) is 13.3 Å². The zero-order valence-electron chi connectivity index (χ0n) is 9.40. The first-order chi connectivity index (χ1) is 8.08. The number of esters is 1. The van der Waals surface area contributed by atoms with Crippen molar-refractivity contribution in [3.63, 3.8) is 0 Å². The molecule has 0 saturated carbocycles. The number of carbonyl (C=O) groups excluding carboxylic acids is 2. The molecule has 0 unspecified atom stereocenters. The average molecular weight is 232 g/mol. The fourth-order valence-electron chi connectivity index (χ4n) is 1.71. The molecule has 0 spiro atoms. The lowest BCUT2D eigenvalue weighted by atomic mass is 10.0. The van der Waals surface area contributed by atoms with E-state index in [-0.39, 0.29) is 23.1 Å². The highest BCUT2D eigenvalue weighted by atomic mass is 16.5. The Bertz CT molecular complexity index is 514. The Hall–Kier alpha value is -2.10. The average Bonchev–Trinajstić information content (AvgIpc) is 2.67. The van der Waals surface area contributed by atoms with Gasteiger partial charge in [-0.25, -0.2) is 4.79 Å². The zero-order chi connectivity index (χ0) is 12.4. The van der Waals surface area contributed by atoms with Gasteiger partial charge in [-0.1, -0.05) is 6.07 Å². The van der Waals surface area contributed by atoms with Crippen LogP contribution in [0.4, 0.5) is 0 Å². The minimum absolute atomic E-state index is 0.0475. The molecule has 17 heavy (non-hydrogen) atoms. The van der Waals surface area contributed by atoms with Crippen LogP contribution >= 0.6 is 0 Å². The second-order valence-corrected chi connectivity index (χ2v) is 3.89. The normalized spacial score (nSPS) is 17.2. The number of carbonyl (C=O) groups is 2. The number of benzene rings is 1. The molecule has 0 aliphatic carbocycles. The number of hydrogen-bond donors (Lipinski definition) is 1. The Morgan fingerprint density at radius 2 is 2.24 bits per heavy atom. The van der Waals surface area contributed by atoms with Crippen molar-refractivity contribution in [1.82, 2.24) is 0 Å². The predicted molar refractivity (Wildman–Crippen MR) is 61.7 cm³/mol. The maximum Gasteiger partial charge on any atom is 0.334 e. The highest BCUT2D eigenvalue weighted by Crippen LogP contribution is 2.22. The first-order valence-electron chi connectivity index (χ1n) is 5.29. The highest BCUT2D eigenvalue weighted by Gasteiger charge is 2.18. The molecule has 4 heteroatoms. The standard InChI is InChI=1S/C13H12O4/c1-8(14)11-7-9(2-3-12(11)15)6-10-4-5-17-13(10)16/h2-3,6-7,15H,4-5H2,1H3/b10-6+. The lowest BCUT2D eigenvalue weighted by molar-refractivity contribution is -0.134. The monoisotopic (exact) mass is 232 g/mol. The first-order valence-corrected chi connectivity index (χ1v) is 5.29. The van der Waals surface area contributed by atoms with Crippen LogP contribution in [0.1, 0.15) is 29.3 Å². The number of rotatable bonds is 2. The molecule has 1 aliphatic heterocycles. The smallest absolute Gasteiger partial charge is 0.334 e. The van der Waals surface area contributed by atoms with Gasteiger partial charge in [-0.05, 0) is 30.7 Å². The summed E-state index contributed by atoms with van der Waals surface area (Å²) in [6.45, 7) is 1.79. The minimum Gasteiger partial charge on any atom is -0.507 e. The fraction of sp³-hybridized carbons (Fsp3) is 0.231. The summed E-state index contributed by atoms with van der Waals surface area (Å²) in [6, 6.07) is 4.67. The lowest BCUT2D eigenvalue weighted by Crippen LogP contribution is -1.96. The Labute approximate surface area is 98.5 Å². The van der Waals surface area contributed by atoms with E-state index in [1.54, 1.807) is 18.2 Å². The van der Waals surface area contributed by atoms with E-state index < -0.39 is 0 Å². The lowest BCUT2D eigenvalue weighted by Gasteiger charge is -2.02. The summed E-state index contributed by atoms with van der Waals surface area (Å²) < 4.78 is 4.82. The quantitative estimate of drug-likeness (QED) is 0.480. The van der Waals surface area contributed by atoms with Gasteiger partial charge in [0.05, 0.1) is 12.2 Å². The summed E-state index contributed by atoms with van der Waals surface area (Å²) in [6.07, 6.45) is 2.26. The Morgan fingerprint density at radius 1 is 1.47 bits per heavy atom. The number of aromatic hydroxyl groups is 1. The molecule has 0 aromatic heterocycles. The van der Waals surface area contributed by atoms with Crippen molar-refractivity contribution in [3.8, 4) is 5.75 Å². The molecule has 1 heterocycles. The highest BCUT2D eigenvalue weighted by molar-refractivity contribution is 5.98. The van der Waals surface area contributed by atoms with Crippen LogP contribution in [0.5, 0.6) is 5.75 Å². The third-order valence-corrected chi connectivity index (χ3v) is 2.61. The van der Waals surface area contributed by atoms with Crippen molar-refractivity contribution in [3.05, 3.63) is 34.9 Å². The molecule has 88 valence electrons. The molecular formula is C13H12O4. The van der Waals surface area contributed by atoms with Gasteiger partial charge < -0.3 is 9.84 Å². The van der Waals surface area contributed by atoms with Crippen LogP contribution in [-0.2, 0) is 9.53 Å². The van der Waals surface area contributed by atoms with Crippen LogP contribution in [0.25, 0.3) is 6.08 Å². The van der Waals surface area contributed by atoms with E-state index in [0.29, 0.717) is 24.2 Å². The van der Waals surface area contributed by atoms with Gasteiger partial charge in [-0.15, -0.1) is 0 Å². The molecular weight excluding hydrogens is 220 g/mol. The van der Waals surface area contributed by atoms with Gasteiger partial charge >= 0.3 is 5.97 Å². The number of hydrogen-bond acceptors (Lipinski definition) is 4. The van der Waals surface area contributed by atoms with Crippen LogP contribution in [0.15, 0.2) is 23.8 Å². The number of cyclic esters (lactones) is 1. The van der Waals surface area contributed by atoms with Gasteiger partial charge in [-0.2, -0.15) is 0 Å². The number of phenols is 1. The van der Waals surface area contributed by atoms with Crippen molar-refractivity contribution in [1.29, 1.82) is 0 Å². The van der Waals surface area contributed by atoms with Gasteiger partial charge in [0.2, 0.25) is 0 Å². The van der Waals surface area contributed by atoms with Gasteiger partial charge in [0.25, 0.3) is 0 Å². The van der Waals surface area contributed by atoms with E-state index in [0.717, 1.165) is 0 Å². The van der Waals surface area contributed by atoms with Gasteiger partial charge in [-0.3, -0.25) is 4.79 Å². The van der Waals surface area contributed by atoms with E-state index in [9.17, 15) is 14.7 Å². The van der Waals surface area contributed by atoms with Crippen molar-refractivity contribution in [2.75, 3.05) is 6.61 Å². The van der Waals surface area contributed by atoms with E-state index in [1.165, 1.54) is 13.0 Å². The van der Waals surface area contributed by atoms with E-state index in [2.05, 4.69) is 0 Å². The Morgan fingerprint density at radius 3 is 2.82 bits per heavy atom. The first kappa shape index (κ1) is 11.4. The largest absolute Gasteiger partial charge is 0.507 e. The molecule has 0 atom stereocenters. The zero-order valence-corrected chi connectivity index (χ0v) is 9.40. The Balaban J connectivity index is 2.37. The van der Waals surface area contributed by atoms with Crippen molar-refractivity contribution in [2.24, 2.45) is 0 Å². The molecule has 2 rings (SSSR count). The molecule has 4 nitrogen and oxygen atoms in total. The summed E-state index contributed by atoms with van der Waals surface area (Å²) in [5, 5.41) is 9.49. The number of Topliss-reactive ketones (excluding diaryl/α,β-unsaturated/α-hetero) is 1. The number of phenolic OH excluding ortho intramolecular Hbond substituents is 1. The van der Waals surface area contributed by atoms with Crippen LogP contribution in [0, 0.1) is 0 Å². The summed E-state index contributed by atoms with van der Waals surface area (Å²) in [7, 11) is 0. The van der Waals surface area contributed by atoms with E-state index in [4.69, 9.17) is 4.74 Å². The molecule has 0 bridgehead atoms. The van der Waals surface area contributed by atoms with Gasteiger partial charge in [0.1, 0.15) is 5.75 Å². The van der Waals surface area contributed by atoms with Crippen LogP contribution in [0.2, 0.25) is 0 Å². The third kappa shape index (κ3) is 2.36. The maximum atomic E-state index is 11.3. The fourth-order valence-corrected chi connectivity index (χ4v) is 1.71. The molecule has 1 aromatic carbocycles. The molecule has 1 fully saturated rings. The predicted octanol–water partition coefficient (Wildman–Crippen LogP) is 1.93. The maximum absolute atomic E-state index is 11.3. The molecule has 0 amide bonds. The van der Waals surface area contributed by atoms with Crippen LogP contribution in [0.3, 0.4) is 0 Å². The summed E-state index contributed by atoms with van der Waals surface area (Å²) in [5.41, 5.74) is 1.55. The summed E-state index contributed by atoms with van der Waals surface area (Å²) in [5.74, 6) is -0.576. The summed E-state index contributed by atoms with van der Waals surface area (Å²) in [4.78, 5) is 22.5. The molecule has 1 aromatic rings. The molecule has 1 aliphatic rings. The SMILES string of the molecule is CC(=O)c1cc(/C=C2\CCOC2=O)ccc1O. The van der Waals surface area contributed by atoms with Crippen molar-refractivity contribution < 1.29 is 19.4 Å². The second-order valence-electron chi connectivity index (χ2n) is 3.89. The van der Waals surface area contributed by atoms with Gasteiger partial charge in [0.15, 0.2) is 5.78 Å². The molecule has 1 N–H and O–H groups in total. The van der Waals surface area contributed by atoms with E-state index in [1.807, 2.05) is 0 Å². The molecule has 1 saturated heterocycles. The van der Waals surface area contributed by atoms with Crippen molar-refractivity contribution >= 4 is 17.8 Å². The van der Waals surface area contributed by atoms with Crippen LogP contribution < -0.4 is 0 Å². The van der Waals surface area contributed by atoms with Gasteiger partial charge in [0, 0.05) is 12.0 Å². The van der Waals surface area contributed by atoms with Crippen LogP contribution in [-0.4, -0.2) is 23.5 Å². The third-order valence-electron chi connectivity index (χ3n) is 2.61.